The molecule has 1 atom stereocenters. The molecule has 0 fully saturated rings. The van der Waals surface area contributed by atoms with E-state index in [4.69, 9.17) is 10.6 Å². The third-order valence-corrected chi connectivity index (χ3v) is 1.88. The monoisotopic (exact) mass is 195 g/mol. The van der Waals surface area contributed by atoms with Crippen molar-refractivity contribution in [3.63, 3.8) is 0 Å². The Balaban J connectivity index is 3.10. The Bertz CT molecular complexity index is 374. The zero-order valence-electron chi connectivity index (χ0n) is 7.68. The minimum atomic E-state index is -0.847. The van der Waals surface area contributed by atoms with E-state index >= 15 is 0 Å². The fraction of sp³-hybridized carbons (Fsp3) is 0.333. The molecule has 0 amide bonds. The van der Waals surface area contributed by atoms with Gasteiger partial charge >= 0.3 is 0 Å². The standard InChI is InChI=1S/C9H10FN3O/c1-6-2-3-7(8(10)4-6)9(5-14)12-13-11/h2-4,9,14H,5H2,1H3. The van der Waals surface area contributed by atoms with Crippen LogP contribution in [0.3, 0.4) is 0 Å². The molecular formula is C9H10FN3O. The number of aryl methyl sites for hydroxylation is 1. The highest BCUT2D eigenvalue weighted by Crippen LogP contribution is 2.21. The molecule has 0 spiro atoms. The van der Waals surface area contributed by atoms with E-state index in [1.807, 2.05) is 0 Å². The van der Waals surface area contributed by atoms with Crippen LogP contribution in [0.4, 0.5) is 4.39 Å². The summed E-state index contributed by atoms with van der Waals surface area (Å²) in [4.78, 5) is 2.55. The number of hydrogen-bond donors (Lipinski definition) is 1. The summed E-state index contributed by atoms with van der Waals surface area (Å²) in [6.07, 6.45) is 0. The van der Waals surface area contributed by atoms with Crippen LogP contribution in [0.15, 0.2) is 23.3 Å². The van der Waals surface area contributed by atoms with Crippen molar-refractivity contribution in [2.45, 2.75) is 13.0 Å². The smallest absolute Gasteiger partial charge is 0.127 e. The first-order valence-corrected chi connectivity index (χ1v) is 4.10. The molecule has 0 saturated carbocycles. The number of azide groups is 1. The third kappa shape index (κ3) is 2.22. The summed E-state index contributed by atoms with van der Waals surface area (Å²) in [5, 5.41) is 12.2. The second-order valence-corrected chi connectivity index (χ2v) is 2.93. The molecule has 4 nitrogen and oxygen atoms in total. The minimum Gasteiger partial charge on any atom is -0.396 e. The number of halogens is 1. The summed E-state index contributed by atoms with van der Waals surface area (Å²) in [7, 11) is 0. The van der Waals surface area contributed by atoms with Gasteiger partial charge in [0.1, 0.15) is 5.82 Å². The molecule has 0 bridgehead atoms. The summed E-state index contributed by atoms with van der Waals surface area (Å²) in [6.45, 7) is 1.36. The maximum Gasteiger partial charge on any atom is 0.127 e. The second-order valence-electron chi connectivity index (χ2n) is 2.93. The first-order chi connectivity index (χ1) is 6.69. The Morgan fingerprint density at radius 1 is 1.64 bits per heavy atom. The fourth-order valence-corrected chi connectivity index (χ4v) is 1.16. The van der Waals surface area contributed by atoms with Crippen molar-refractivity contribution in [2.24, 2.45) is 5.11 Å². The molecule has 14 heavy (non-hydrogen) atoms. The molecule has 1 N–H and O–H groups in total. The van der Waals surface area contributed by atoms with Gasteiger partial charge in [0.2, 0.25) is 0 Å². The summed E-state index contributed by atoms with van der Waals surface area (Å²) >= 11 is 0. The molecule has 0 aromatic heterocycles. The number of benzene rings is 1. The molecule has 0 aliphatic carbocycles. The van der Waals surface area contributed by atoms with Gasteiger partial charge in [0, 0.05) is 4.91 Å². The fourth-order valence-electron chi connectivity index (χ4n) is 1.16. The number of nitrogens with zero attached hydrogens (tertiary/aromatic N) is 3. The summed E-state index contributed by atoms with van der Waals surface area (Å²) in [5.41, 5.74) is 9.20. The molecule has 0 aliphatic heterocycles. The van der Waals surface area contributed by atoms with E-state index in [1.165, 1.54) is 12.1 Å². The number of rotatable bonds is 3. The van der Waals surface area contributed by atoms with Gasteiger partial charge in [0.25, 0.3) is 0 Å². The van der Waals surface area contributed by atoms with Crippen LogP contribution in [0.5, 0.6) is 0 Å². The SMILES string of the molecule is Cc1ccc(C(CO)N=[N+]=[N-])c(F)c1. The molecule has 1 aromatic rings. The average Bonchev–Trinajstić information content (AvgIpc) is 2.15. The quantitative estimate of drug-likeness (QED) is 0.449. The molecular weight excluding hydrogens is 185 g/mol. The second kappa shape index (κ2) is 4.60. The zero-order valence-corrected chi connectivity index (χ0v) is 7.68. The van der Waals surface area contributed by atoms with E-state index in [1.54, 1.807) is 13.0 Å². The largest absolute Gasteiger partial charge is 0.396 e. The highest BCUT2D eigenvalue weighted by molar-refractivity contribution is 5.26. The van der Waals surface area contributed by atoms with E-state index < -0.39 is 18.5 Å². The van der Waals surface area contributed by atoms with Crippen molar-refractivity contribution in [1.82, 2.24) is 0 Å². The Morgan fingerprint density at radius 3 is 2.86 bits per heavy atom. The van der Waals surface area contributed by atoms with Crippen LogP contribution in [0.25, 0.3) is 10.4 Å². The molecule has 1 aromatic carbocycles. The lowest BCUT2D eigenvalue weighted by Gasteiger charge is -2.09. The maximum atomic E-state index is 13.3. The molecule has 74 valence electrons. The first kappa shape index (κ1) is 10.5. The average molecular weight is 195 g/mol. The Kier molecular flexibility index (Phi) is 3.45. The molecule has 0 saturated heterocycles. The number of aliphatic hydroxyl groups excluding tert-OH is 1. The molecule has 0 heterocycles. The Labute approximate surface area is 80.6 Å². The predicted octanol–water partition coefficient (Wildman–Crippen LogP) is 2.48. The van der Waals surface area contributed by atoms with Crippen molar-refractivity contribution in [2.75, 3.05) is 6.61 Å². The minimum absolute atomic E-state index is 0.218. The zero-order chi connectivity index (χ0) is 10.6. The van der Waals surface area contributed by atoms with Crippen LogP contribution in [0, 0.1) is 12.7 Å². The highest BCUT2D eigenvalue weighted by Gasteiger charge is 2.12. The molecule has 1 unspecified atom stereocenters. The van der Waals surface area contributed by atoms with Gasteiger partial charge in [-0.05, 0) is 29.6 Å². The Hall–Kier alpha value is -1.58. The van der Waals surface area contributed by atoms with Crippen molar-refractivity contribution in [3.05, 3.63) is 45.6 Å². The van der Waals surface area contributed by atoms with E-state index in [2.05, 4.69) is 10.0 Å². The predicted molar refractivity (Wildman–Crippen MR) is 50.1 cm³/mol. The maximum absolute atomic E-state index is 13.3. The van der Waals surface area contributed by atoms with Gasteiger partial charge in [-0.3, -0.25) is 0 Å². The number of hydrogen-bond acceptors (Lipinski definition) is 2. The lowest BCUT2D eigenvalue weighted by atomic mass is 10.1. The van der Waals surface area contributed by atoms with Crippen molar-refractivity contribution in [3.8, 4) is 0 Å². The molecule has 5 heteroatoms. The molecule has 1 rings (SSSR count). The van der Waals surface area contributed by atoms with Gasteiger partial charge in [-0.15, -0.1) is 0 Å². The van der Waals surface area contributed by atoms with Crippen molar-refractivity contribution < 1.29 is 9.50 Å². The molecule has 0 radical (unpaired) electrons. The lowest BCUT2D eigenvalue weighted by molar-refractivity contribution is 0.265. The first-order valence-electron chi connectivity index (χ1n) is 4.10. The van der Waals surface area contributed by atoms with Crippen LogP contribution in [0.2, 0.25) is 0 Å². The van der Waals surface area contributed by atoms with Gasteiger partial charge in [0.15, 0.2) is 0 Å². The van der Waals surface area contributed by atoms with E-state index in [0.717, 1.165) is 5.56 Å². The molecule has 0 aliphatic rings. The van der Waals surface area contributed by atoms with Crippen LogP contribution < -0.4 is 0 Å². The van der Waals surface area contributed by atoms with Crippen LogP contribution in [-0.2, 0) is 0 Å². The van der Waals surface area contributed by atoms with Gasteiger partial charge < -0.3 is 5.11 Å². The summed E-state index contributed by atoms with van der Waals surface area (Å²) < 4.78 is 13.3. The van der Waals surface area contributed by atoms with E-state index in [-0.39, 0.29) is 5.56 Å². The van der Waals surface area contributed by atoms with Gasteiger partial charge in [-0.1, -0.05) is 17.2 Å². The van der Waals surface area contributed by atoms with Crippen LogP contribution in [-0.4, -0.2) is 11.7 Å². The van der Waals surface area contributed by atoms with Crippen LogP contribution >= 0.6 is 0 Å². The van der Waals surface area contributed by atoms with Gasteiger partial charge in [-0.2, -0.15) is 0 Å². The van der Waals surface area contributed by atoms with Crippen molar-refractivity contribution in [1.29, 1.82) is 0 Å². The van der Waals surface area contributed by atoms with E-state index in [9.17, 15) is 4.39 Å². The van der Waals surface area contributed by atoms with Crippen molar-refractivity contribution >= 4 is 0 Å². The van der Waals surface area contributed by atoms with E-state index in [0.29, 0.717) is 0 Å². The summed E-state index contributed by atoms with van der Waals surface area (Å²) in [5.74, 6) is -0.462. The number of aliphatic hydroxyl groups is 1. The van der Waals surface area contributed by atoms with Crippen LogP contribution in [0.1, 0.15) is 17.2 Å². The topological polar surface area (TPSA) is 69.0 Å². The highest BCUT2D eigenvalue weighted by atomic mass is 19.1. The normalized spacial score (nSPS) is 11.9. The Morgan fingerprint density at radius 2 is 2.36 bits per heavy atom. The van der Waals surface area contributed by atoms with Gasteiger partial charge in [-0.25, -0.2) is 4.39 Å². The summed E-state index contributed by atoms with van der Waals surface area (Å²) in [6, 6.07) is 3.71. The van der Waals surface area contributed by atoms with Gasteiger partial charge in [0.05, 0.1) is 12.6 Å². The third-order valence-electron chi connectivity index (χ3n) is 1.88. The lowest BCUT2D eigenvalue weighted by Crippen LogP contribution is -2.03.